The molecule has 4 aromatic rings. The molecule has 39 heavy (non-hydrogen) atoms. The Kier molecular flexibility index (Phi) is 9.26. The Labute approximate surface area is 235 Å². The molecular formula is C28H30N4O5S2. The molecule has 2 aromatic carbocycles. The van der Waals surface area contributed by atoms with Crippen molar-refractivity contribution in [1.82, 2.24) is 14.8 Å². The van der Waals surface area contributed by atoms with Gasteiger partial charge in [0.25, 0.3) is 0 Å². The van der Waals surface area contributed by atoms with E-state index in [2.05, 4.69) is 15.5 Å². The van der Waals surface area contributed by atoms with Crippen LogP contribution in [0.3, 0.4) is 0 Å². The number of aromatic nitrogens is 3. The van der Waals surface area contributed by atoms with E-state index in [1.165, 1.54) is 30.2 Å². The summed E-state index contributed by atoms with van der Waals surface area (Å²) in [7, 11) is 2.91. The number of methoxy groups -OCH3 is 2. The van der Waals surface area contributed by atoms with Crippen LogP contribution in [0.2, 0.25) is 0 Å². The van der Waals surface area contributed by atoms with Gasteiger partial charge < -0.3 is 24.1 Å². The molecule has 1 N–H and O–H groups in total. The molecule has 0 aliphatic heterocycles. The molecular weight excluding hydrogens is 536 g/mol. The first-order valence-electron chi connectivity index (χ1n) is 12.2. The van der Waals surface area contributed by atoms with E-state index in [1.807, 2.05) is 73.2 Å². The summed E-state index contributed by atoms with van der Waals surface area (Å²) in [5.74, 6) is 1.49. The van der Waals surface area contributed by atoms with Gasteiger partial charge in [0.2, 0.25) is 5.91 Å². The molecule has 204 valence electrons. The molecule has 0 aliphatic rings. The summed E-state index contributed by atoms with van der Waals surface area (Å²) in [5.41, 5.74) is 3.97. The Morgan fingerprint density at radius 2 is 1.85 bits per heavy atom. The number of carbonyl (C=O) groups is 2. The predicted molar refractivity (Wildman–Crippen MR) is 153 cm³/mol. The lowest BCUT2D eigenvalue weighted by Gasteiger charge is -2.11. The maximum atomic E-state index is 12.9. The Balaban J connectivity index is 1.43. The van der Waals surface area contributed by atoms with E-state index in [1.54, 1.807) is 7.11 Å². The van der Waals surface area contributed by atoms with Crippen molar-refractivity contribution >= 4 is 40.0 Å². The molecule has 0 unspecified atom stereocenters. The van der Waals surface area contributed by atoms with E-state index < -0.39 is 5.97 Å². The van der Waals surface area contributed by atoms with Gasteiger partial charge in [0.05, 0.1) is 20.0 Å². The van der Waals surface area contributed by atoms with E-state index in [-0.39, 0.29) is 18.3 Å². The van der Waals surface area contributed by atoms with Crippen LogP contribution in [0, 0.1) is 13.8 Å². The molecule has 2 aromatic heterocycles. The number of carbonyl (C=O) groups excluding carboxylic acids is 2. The number of hydrogen-bond donors (Lipinski definition) is 1. The summed E-state index contributed by atoms with van der Waals surface area (Å²) >= 11 is 2.54. The van der Waals surface area contributed by atoms with Gasteiger partial charge in [-0.3, -0.25) is 4.79 Å². The second-order valence-corrected chi connectivity index (χ2v) is 10.4. The second-order valence-electron chi connectivity index (χ2n) is 8.61. The number of rotatable bonds is 11. The molecule has 0 fully saturated rings. The highest BCUT2D eigenvalue weighted by molar-refractivity contribution is 7.99. The Hall–Kier alpha value is -3.83. The third-order valence-corrected chi connectivity index (χ3v) is 7.84. The lowest BCUT2D eigenvalue weighted by Crippen LogP contribution is -2.16. The number of nitrogens with one attached hydrogen (secondary N) is 1. The third-order valence-electron chi connectivity index (χ3n) is 5.98. The van der Waals surface area contributed by atoms with Crippen LogP contribution in [0.25, 0.3) is 11.1 Å². The molecule has 9 nitrogen and oxygen atoms in total. The van der Waals surface area contributed by atoms with Gasteiger partial charge in [-0.15, -0.1) is 21.5 Å². The third kappa shape index (κ3) is 6.61. The zero-order valence-electron chi connectivity index (χ0n) is 22.4. The highest BCUT2D eigenvalue weighted by Gasteiger charge is 2.23. The average Bonchev–Trinajstić information content (AvgIpc) is 3.55. The van der Waals surface area contributed by atoms with Crippen LogP contribution in [-0.4, -0.2) is 46.6 Å². The van der Waals surface area contributed by atoms with E-state index >= 15 is 0 Å². The first-order chi connectivity index (χ1) is 18.8. The highest BCUT2D eigenvalue weighted by atomic mass is 32.2. The van der Waals surface area contributed by atoms with Crippen LogP contribution in [0.15, 0.2) is 53.0 Å². The number of ether oxygens (including phenoxy) is 3. The van der Waals surface area contributed by atoms with Gasteiger partial charge in [-0.2, -0.15) is 0 Å². The van der Waals surface area contributed by atoms with E-state index in [0.29, 0.717) is 39.4 Å². The first kappa shape index (κ1) is 28.2. The number of thioether (sulfide) groups is 1. The van der Waals surface area contributed by atoms with Crippen molar-refractivity contribution in [2.75, 3.05) is 25.3 Å². The zero-order chi connectivity index (χ0) is 27.9. The topological polar surface area (TPSA) is 105 Å². The molecule has 0 saturated heterocycles. The number of amides is 1. The van der Waals surface area contributed by atoms with Crippen molar-refractivity contribution in [3.8, 4) is 22.6 Å². The largest absolute Gasteiger partial charge is 0.497 e. The minimum Gasteiger partial charge on any atom is -0.497 e. The summed E-state index contributed by atoms with van der Waals surface area (Å²) < 4.78 is 18.2. The Morgan fingerprint density at radius 1 is 1.08 bits per heavy atom. The van der Waals surface area contributed by atoms with Crippen molar-refractivity contribution in [3.63, 3.8) is 0 Å². The quantitative estimate of drug-likeness (QED) is 0.181. The van der Waals surface area contributed by atoms with Crippen molar-refractivity contribution in [1.29, 1.82) is 0 Å². The van der Waals surface area contributed by atoms with Gasteiger partial charge in [-0.25, -0.2) is 4.79 Å². The van der Waals surface area contributed by atoms with Crippen LogP contribution in [0.5, 0.6) is 11.5 Å². The van der Waals surface area contributed by atoms with E-state index in [9.17, 15) is 9.59 Å². The van der Waals surface area contributed by atoms with Gasteiger partial charge in [-0.05, 0) is 55.7 Å². The fraction of sp³-hybridized carbons (Fsp3) is 0.286. The van der Waals surface area contributed by atoms with Crippen molar-refractivity contribution in [2.24, 2.45) is 0 Å². The lowest BCUT2D eigenvalue weighted by molar-refractivity contribution is -0.113. The van der Waals surface area contributed by atoms with Crippen molar-refractivity contribution in [2.45, 2.75) is 39.1 Å². The van der Waals surface area contributed by atoms with Gasteiger partial charge in [0, 0.05) is 17.5 Å². The maximum Gasteiger partial charge on any atom is 0.341 e. The second kappa shape index (κ2) is 12.8. The number of esters is 1. The van der Waals surface area contributed by atoms with Crippen LogP contribution in [0.4, 0.5) is 5.00 Å². The smallest absolute Gasteiger partial charge is 0.341 e. The SMILES string of the molecule is CCn1c(COc2cc(C)ccc2C)nnc1SCC(=O)Nc1scc(-c2ccc(OC)cc2)c1C(=O)OC. The molecule has 0 spiro atoms. The average molecular weight is 567 g/mol. The monoisotopic (exact) mass is 566 g/mol. The fourth-order valence-corrected chi connectivity index (χ4v) is 5.68. The number of hydrogen-bond acceptors (Lipinski definition) is 9. The predicted octanol–water partition coefficient (Wildman–Crippen LogP) is 5.75. The molecule has 11 heteroatoms. The summed E-state index contributed by atoms with van der Waals surface area (Å²) in [5, 5.41) is 14.3. The normalized spacial score (nSPS) is 10.8. The molecule has 0 bridgehead atoms. The first-order valence-corrected chi connectivity index (χ1v) is 14.1. The van der Waals surface area contributed by atoms with Crippen LogP contribution >= 0.6 is 23.1 Å². The molecule has 0 aliphatic carbocycles. The summed E-state index contributed by atoms with van der Waals surface area (Å²) in [6, 6.07) is 13.4. The zero-order valence-corrected chi connectivity index (χ0v) is 24.1. The molecule has 0 saturated carbocycles. The number of thiophene rings is 1. The Bertz CT molecular complexity index is 1460. The molecule has 1 amide bonds. The maximum absolute atomic E-state index is 12.9. The molecule has 2 heterocycles. The summed E-state index contributed by atoms with van der Waals surface area (Å²) in [6.07, 6.45) is 0. The molecule has 0 atom stereocenters. The lowest BCUT2D eigenvalue weighted by atomic mass is 10.0. The van der Waals surface area contributed by atoms with Gasteiger partial charge >= 0.3 is 5.97 Å². The van der Waals surface area contributed by atoms with Gasteiger partial charge in [0.1, 0.15) is 28.7 Å². The van der Waals surface area contributed by atoms with Crippen LogP contribution in [0.1, 0.15) is 34.2 Å². The summed E-state index contributed by atoms with van der Waals surface area (Å²) in [4.78, 5) is 25.5. The minimum atomic E-state index is -0.524. The van der Waals surface area contributed by atoms with Crippen LogP contribution in [-0.2, 0) is 22.7 Å². The fourth-order valence-electron chi connectivity index (χ4n) is 3.89. The Morgan fingerprint density at radius 3 is 2.54 bits per heavy atom. The molecule has 4 rings (SSSR count). The van der Waals surface area contributed by atoms with E-state index in [0.717, 1.165) is 22.4 Å². The number of benzene rings is 2. The van der Waals surface area contributed by atoms with E-state index in [4.69, 9.17) is 14.2 Å². The molecule has 0 radical (unpaired) electrons. The van der Waals surface area contributed by atoms with Gasteiger partial charge in [0.15, 0.2) is 11.0 Å². The number of anilines is 1. The van der Waals surface area contributed by atoms with Gasteiger partial charge in [-0.1, -0.05) is 36.0 Å². The summed E-state index contributed by atoms with van der Waals surface area (Å²) in [6.45, 7) is 6.90. The van der Waals surface area contributed by atoms with Crippen molar-refractivity contribution < 1.29 is 23.8 Å². The standard InChI is InChI=1S/C28H30N4O5S2/c1-6-32-23(14-37-22-13-17(2)7-8-18(22)3)30-31-28(32)39-16-24(33)29-26-25(27(34)36-5)21(15-38-26)19-9-11-20(35-4)12-10-19/h7-13,15H,6,14,16H2,1-5H3,(H,29,33). The van der Waals surface area contributed by atoms with Crippen molar-refractivity contribution in [3.05, 3.63) is 70.4 Å². The number of nitrogens with zero attached hydrogens (tertiary/aromatic N) is 3. The minimum absolute atomic E-state index is 0.0896. The highest BCUT2D eigenvalue weighted by Crippen LogP contribution is 2.37. The number of aryl methyl sites for hydroxylation is 2. The van der Waals surface area contributed by atoms with Crippen LogP contribution < -0.4 is 14.8 Å².